The molecule has 5 heteroatoms. The Kier molecular flexibility index (Phi) is 4.40. The van der Waals surface area contributed by atoms with Crippen LogP contribution in [0.2, 0.25) is 0 Å². The van der Waals surface area contributed by atoms with E-state index in [1.165, 1.54) is 48.5 Å². The average molecular weight is 280 g/mol. The zero-order valence-electron chi connectivity index (χ0n) is 10.4. The topological polar surface area (TPSA) is 26.3 Å². The smallest absolute Gasteiger partial charge is 0.387 e. The molecule has 0 aliphatic carbocycles. The molecule has 2 rings (SSSR count). The number of hydrogen-bond donors (Lipinski definition) is 0. The molecule has 0 radical (unpaired) electrons. The van der Waals surface area contributed by atoms with Gasteiger partial charge in [0.15, 0.2) is 5.78 Å². The van der Waals surface area contributed by atoms with Gasteiger partial charge in [-0.2, -0.15) is 8.78 Å². The van der Waals surface area contributed by atoms with Crippen molar-refractivity contribution >= 4 is 5.78 Å². The van der Waals surface area contributed by atoms with Gasteiger partial charge in [0.1, 0.15) is 11.6 Å². The maximum atomic E-state index is 12.7. The Hall–Kier alpha value is -2.30. The molecule has 0 spiro atoms. The molecule has 2 nitrogen and oxygen atoms in total. The van der Waals surface area contributed by atoms with Crippen LogP contribution >= 0.6 is 0 Å². The molecule has 0 saturated carbocycles. The largest absolute Gasteiger partial charge is 0.435 e. The van der Waals surface area contributed by atoms with E-state index in [1.807, 2.05) is 0 Å². The lowest BCUT2D eigenvalue weighted by molar-refractivity contribution is -0.0498. The maximum absolute atomic E-state index is 12.7. The first-order valence-corrected chi connectivity index (χ1v) is 5.87. The summed E-state index contributed by atoms with van der Waals surface area (Å²) in [6.07, 6.45) is 0.0679. The van der Waals surface area contributed by atoms with Crippen molar-refractivity contribution < 1.29 is 22.7 Å². The van der Waals surface area contributed by atoms with E-state index in [9.17, 15) is 18.0 Å². The summed E-state index contributed by atoms with van der Waals surface area (Å²) in [6.45, 7) is -2.93. The molecule has 0 aromatic heterocycles. The standard InChI is InChI=1S/C15H11F3O2/c16-12-6-4-10(5-7-12)8-14(19)11-2-1-3-13(9-11)20-15(17)18/h1-7,9,15H,8H2. The van der Waals surface area contributed by atoms with Gasteiger partial charge in [-0.15, -0.1) is 0 Å². The highest BCUT2D eigenvalue weighted by Crippen LogP contribution is 2.17. The van der Waals surface area contributed by atoms with Gasteiger partial charge in [-0.3, -0.25) is 4.79 Å². The molecule has 2 aromatic carbocycles. The molecule has 0 atom stereocenters. The van der Waals surface area contributed by atoms with Crippen molar-refractivity contribution in [3.05, 3.63) is 65.5 Å². The number of alkyl halides is 2. The zero-order chi connectivity index (χ0) is 14.5. The van der Waals surface area contributed by atoms with Crippen LogP contribution in [0, 0.1) is 5.82 Å². The third-order valence-corrected chi connectivity index (χ3v) is 2.66. The SMILES string of the molecule is O=C(Cc1ccc(F)cc1)c1cccc(OC(F)F)c1. The van der Waals surface area contributed by atoms with Crippen LogP contribution in [0.25, 0.3) is 0 Å². The van der Waals surface area contributed by atoms with Gasteiger partial charge in [0.05, 0.1) is 0 Å². The molecular weight excluding hydrogens is 269 g/mol. The van der Waals surface area contributed by atoms with E-state index in [0.29, 0.717) is 5.56 Å². The maximum Gasteiger partial charge on any atom is 0.387 e. The number of ketones is 1. The van der Waals surface area contributed by atoms with Gasteiger partial charge in [0.2, 0.25) is 0 Å². The number of carbonyl (C=O) groups is 1. The molecule has 0 fully saturated rings. The number of rotatable bonds is 5. The number of carbonyl (C=O) groups excluding carboxylic acids is 1. The Labute approximate surface area is 113 Å². The molecule has 2 aromatic rings. The van der Waals surface area contributed by atoms with E-state index in [-0.39, 0.29) is 29.3 Å². The molecule has 0 heterocycles. The summed E-state index contributed by atoms with van der Waals surface area (Å²) >= 11 is 0. The van der Waals surface area contributed by atoms with Crippen molar-refractivity contribution in [3.8, 4) is 5.75 Å². The van der Waals surface area contributed by atoms with Crippen LogP contribution in [0.15, 0.2) is 48.5 Å². The van der Waals surface area contributed by atoms with Gasteiger partial charge < -0.3 is 4.74 Å². The van der Waals surface area contributed by atoms with Gasteiger partial charge in [-0.25, -0.2) is 4.39 Å². The van der Waals surface area contributed by atoms with Crippen LogP contribution in [0.3, 0.4) is 0 Å². The fraction of sp³-hybridized carbons (Fsp3) is 0.133. The second-order valence-electron chi connectivity index (χ2n) is 4.13. The Morgan fingerprint density at radius 2 is 1.80 bits per heavy atom. The molecule has 20 heavy (non-hydrogen) atoms. The van der Waals surface area contributed by atoms with Crippen LogP contribution in [0.4, 0.5) is 13.2 Å². The van der Waals surface area contributed by atoms with Crippen molar-refractivity contribution in [1.29, 1.82) is 0 Å². The molecule has 104 valence electrons. The first-order chi connectivity index (χ1) is 9.54. The normalized spacial score (nSPS) is 10.6. The summed E-state index contributed by atoms with van der Waals surface area (Å²) in [4.78, 5) is 12.0. The van der Waals surface area contributed by atoms with Gasteiger partial charge >= 0.3 is 6.61 Å². The average Bonchev–Trinajstić information content (AvgIpc) is 2.41. The van der Waals surface area contributed by atoms with Gasteiger partial charge in [-0.05, 0) is 29.8 Å². The summed E-state index contributed by atoms with van der Waals surface area (Å²) in [7, 11) is 0. The second kappa shape index (κ2) is 6.23. The van der Waals surface area contributed by atoms with E-state index in [0.717, 1.165) is 0 Å². The second-order valence-corrected chi connectivity index (χ2v) is 4.13. The minimum Gasteiger partial charge on any atom is -0.435 e. The first-order valence-electron chi connectivity index (χ1n) is 5.87. The number of hydrogen-bond acceptors (Lipinski definition) is 2. The lowest BCUT2D eigenvalue weighted by Crippen LogP contribution is -2.06. The Balaban J connectivity index is 2.10. The highest BCUT2D eigenvalue weighted by Gasteiger charge is 2.10. The summed E-state index contributed by atoms with van der Waals surface area (Å²) in [5, 5.41) is 0. The number of halogens is 3. The predicted octanol–water partition coefficient (Wildman–Crippen LogP) is 3.85. The van der Waals surface area contributed by atoms with Crippen molar-refractivity contribution in [1.82, 2.24) is 0 Å². The predicted molar refractivity (Wildman–Crippen MR) is 67.5 cm³/mol. The molecule has 0 saturated heterocycles. The number of benzene rings is 2. The summed E-state index contributed by atoms with van der Waals surface area (Å²) < 4.78 is 41.2. The first kappa shape index (κ1) is 14.1. The highest BCUT2D eigenvalue weighted by molar-refractivity contribution is 5.97. The van der Waals surface area contributed by atoms with E-state index in [2.05, 4.69) is 4.74 Å². The van der Waals surface area contributed by atoms with Crippen LogP contribution in [-0.2, 0) is 6.42 Å². The van der Waals surface area contributed by atoms with Gasteiger partial charge in [0, 0.05) is 12.0 Å². The number of Topliss-reactive ketones (excluding diaryl/α,β-unsaturated/α-hetero) is 1. The Morgan fingerprint density at radius 3 is 2.45 bits per heavy atom. The summed E-state index contributed by atoms with van der Waals surface area (Å²) in [5.74, 6) is -0.699. The lowest BCUT2D eigenvalue weighted by atomic mass is 10.0. The molecule has 0 aliphatic rings. The van der Waals surface area contributed by atoms with Crippen LogP contribution in [0.1, 0.15) is 15.9 Å². The fourth-order valence-electron chi connectivity index (χ4n) is 1.74. The fourth-order valence-corrected chi connectivity index (χ4v) is 1.74. The third-order valence-electron chi connectivity index (χ3n) is 2.66. The minimum atomic E-state index is -2.93. The van der Waals surface area contributed by atoms with Gasteiger partial charge in [-0.1, -0.05) is 24.3 Å². The molecule has 0 unspecified atom stereocenters. The van der Waals surface area contributed by atoms with Crippen LogP contribution in [-0.4, -0.2) is 12.4 Å². The zero-order valence-corrected chi connectivity index (χ0v) is 10.4. The highest BCUT2D eigenvalue weighted by atomic mass is 19.3. The minimum absolute atomic E-state index is 0.0649. The number of ether oxygens (including phenoxy) is 1. The molecule has 0 N–H and O–H groups in total. The monoisotopic (exact) mass is 280 g/mol. The molecule has 0 aliphatic heterocycles. The van der Waals surface area contributed by atoms with E-state index >= 15 is 0 Å². The molecule has 0 amide bonds. The van der Waals surface area contributed by atoms with Crippen LogP contribution < -0.4 is 4.74 Å². The summed E-state index contributed by atoms with van der Waals surface area (Å²) in [6, 6.07) is 11.1. The Bertz CT molecular complexity index is 594. The van der Waals surface area contributed by atoms with E-state index < -0.39 is 6.61 Å². The molecule has 0 bridgehead atoms. The van der Waals surface area contributed by atoms with Crippen LogP contribution in [0.5, 0.6) is 5.75 Å². The quantitative estimate of drug-likeness (QED) is 0.777. The van der Waals surface area contributed by atoms with Crippen molar-refractivity contribution in [2.75, 3.05) is 0 Å². The van der Waals surface area contributed by atoms with E-state index in [4.69, 9.17) is 0 Å². The summed E-state index contributed by atoms with van der Waals surface area (Å²) in [5.41, 5.74) is 0.920. The van der Waals surface area contributed by atoms with E-state index in [1.54, 1.807) is 0 Å². The third kappa shape index (κ3) is 3.85. The van der Waals surface area contributed by atoms with Crippen molar-refractivity contribution in [2.45, 2.75) is 13.0 Å². The van der Waals surface area contributed by atoms with Crippen molar-refractivity contribution in [2.24, 2.45) is 0 Å². The Morgan fingerprint density at radius 1 is 1.10 bits per heavy atom. The van der Waals surface area contributed by atoms with Gasteiger partial charge in [0.25, 0.3) is 0 Å². The van der Waals surface area contributed by atoms with Crippen molar-refractivity contribution in [3.63, 3.8) is 0 Å². The molecular formula is C15H11F3O2. The lowest BCUT2D eigenvalue weighted by Gasteiger charge is -2.06.